The predicted molar refractivity (Wildman–Crippen MR) is 85.1 cm³/mol. The number of aliphatic hydroxyl groups is 1. The number of hydrogen-bond donors (Lipinski definition) is 2. The number of nitrogens with one attached hydrogen (secondary N) is 1. The van der Waals surface area contributed by atoms with Crippen LogP contribution in [-0.2, 0) is 4.79 Å². The van der Waals surface area contributed by atoms with E-state index in [1.807, 2.05) is 25.1 Å². The van der Waals surface area contributed by atoms with Gasteiger partial charge in [0.15, 0.2) is 6.10 Å². The Hall–Kier alpha value is -1.59. The Bertz CT molecular complexity index is 555. The molecule has 3 rings (SSSR count). The molecule has 2 heterocycles. The molecular formula is C17H24N2O3. The molecule has 5 heteroatoms. The Morgan fingerprint density at radius 3 is 3.00 bits per heavy atom. The first kappa shape index (κ1) is 15.3. The summed E-state index contributed by atoms with van der Waals surface area (Å²) in [5.41, 5.74) is 1.60. The van der Waals surface area contributed by atoms with Crippen LogP contribution in [0.4, 0.5) is 5.69 Å². The molecule has 0 radical (unpaired) electrons. The van der Waals surface area contributed by atoms with Gasteiger partial charge in [-0.25, -0.2) is 0 Å². The van der Waals surface area contributed by atoms with Crippen LogP contribution in [0.2, 0.25) is 0 Å². The number of carbonyl (C=O) groups excluding carboxylic acids is 1. The van der Waals surface area contributed by atoms with Crippen molar-refractivity contribution >= 4 is 11.6 Å². The van der Waals surface area contributed by atoms with Gasteiger partial charge in [0.05, 0.1) is 11.8 Å². The van der Waals surface area contributed by atoms with Gasteiger partial charge in [-0.05, 0) is 43.5 Å². The molecule has 1 saturated heterocycles. The number of ether oxygens (including phenoxy) is 1. The van der Waals surface area contributed by atoms with E-state index < -0.39 is 12.2 Å². The second-order valence-corrected chi connectivity index (χ2v) is 6.19. The van der Waals surface area contributed by atoms with E-state index in [2.05, 4.69) is 5.32 Å². The molecule has 0 saturated carbocycles. The summed E-state index contributed by atoms with van der Waals surface area (Å²) in [6.07, 6.45) is 1.85. The minimum atomic E-state index is -0.509. The number of nitrogens with zero attached hydrogens (tertiary/aromatic N) is 1. The van der Waals surface area contributed by atoms with Crippen LogP contribution in [0.15, 0.2) is 18.2 Å². The van der Waals surface area contributed by atoms with Crippen LogP contribution in [0, 0.1) is 5.92 Å². The third-order valence-electron chi connectivity index (χ3n) is 4.71. The monoisotopic (exact) mass is 304 g/mol. The highest BCUT2D eigenvalue weighted by atomic mass is 16.5. The van der Waals surface area contributed by atoms with Crippen molar-refractivity contribution in [2.45, 2.75) is 38.4 Å². The maximum absolute atomic E-state index is 12.2. The lowest BCUT2D eigenvalue weighted by Gasteiger charge is -2.33. The van der Waals surface area contributed by atoms with Crippen LogP contribution >= 0.6 is 0 Å². The molecule has 0 aliphatic carbocycles. The molecule has 0 bridgehead atoms. The molecule has 120 valence electrons. The maximum atomic E-state index is 12.2. The largest absolute Gasteiger partial charge is 0.478 e. The molecule has 3 atom stereocenters. The van der Waals surface area contributed by atoms with Crippen molar-refractivity contribution < 1.29 is 14.6 Å². The van der Waals surface area contributed by atoms with E-state index in [1.54, 1.807) is 11.9 Å². The Labute approximate surface area is 131 Å². The number of benzene rings is 1. The van der Waals surface area contributed by atoms with Crippen LogP contribution in [0.1, 0.15) is 37.9 Å². The van der Waals surface area contributed by atoms with Crippen molar-refractivity contribution in [2.24, 2.45) is 5.92 Å². The lowest BCUT2D eigenvalue weighted by atomic mass is 9.89. The van der Waals surface area contributed by atoms with Gasteiger partial charge in [0.1, 0.15) is 5.75 Å². The third-order valence-corrected chi connectivity index (χ3v) is 4.71. The molecule has 2 aliphatic rings. The minimum absolute atomic E-state index is 0.0269. The zero-order chi connectivity index (χ0) is 15.7. The number of hydrogen-bond acceptors (Lipinski definition) is 4. The number of amides is 1. The molecule has 1 fully saturated rings. The van der Waals surface area contributed by atoms with E-state index >= 15 is 0 Å². The molecule has 22 heavy (non-hydrogen) atoms. The smallest absolute Gasteiger partial charge is 0.267 e. The summed E-state index contributed by atoms with van der Waals surface area (Å²) >= 11 is 0. The van der Waals surface area contributed by atoms with Crippen LogP contribution in [0.3, 0.4) is 0 Å². The summed E-state index contributed by atoms with van der Waals surface area (Å²) in [4.78, 5) is 13.9. The van der Waals surface area contributed by atoms with Gasteiger partial charge in [-0.2, -0.15) is 0 Å². The lowest BCUT2D eigenvalue weighted by molar-refractivity contribution is -0.126. The first-order valence-corrected chi connectivity index (χ1v) is 8.08. The van der Waals surface area contributed by atoms with E-state index in [0.29, 0.717) is 12.2 Å². The van der Waals surface area contributed by atoms with Gasteiger partial charge in [0.2, 0.25) is 0 Å². The average Bonchev–Trinajstić information content (AvgIpc) is 2.58. The second kappa shape index (κ2) is 6.26. The fraction of sp³-hybridized carbons (Fsp3) is 0.588. The number of rotatable bonds is 3. The number of fused-ring (bicyclic) bond motifs is 1. The molecule has 0 aromatic heterocycles. The van der Waals surface area contributed by atoms with Gasteiger partial charge >= 0.3 is 0 Å². The third kappa shape index (κ3) is 2.71. The fourth-order valence-electron chi connectivity index (χ4n) is 3.30. The van der Waals surface area contributed by atoms with Gasteiger partial charge < -0.3 is 20.1 Å². The Kier molecular flexibility index (Phi) is 4.36. The van der Waals surface area contributed by atoms with Crippen LogP contribution in [0.25, 0.3) is 0 Å². The summed E-state index contributed by atoms with van der Waals surface area (Å²) < 4.78 is 5.76. The van der Waals surface area contributed by atoms with Crippen molar-refractivity contribution in [1.82, 2.24) is 5.32 Å². The molecule has 2 N–H and O–H groups in total. The van der Waals surface area contributed by atoms with Gasteiger partial charge in [0.25, 0.3) is 5.91 Å². The quantitative estimate of drug-likeness (QED) is 0.895. The van der Waals surface area contributed by atoms with E-state index in [-0.39, 0.29) is 11.8 Å². The molecule has 1 amide bonds. The van der Waals surface area contributed by atoms with Crippen molar-refractivity contribution in [3.05, 3.63) is 23.8 Å². The standard InChI is InChI=1S/C17H24N2O3/c1-3-14-17(21)19(2)13-9-11(6-7-15(13)22-14)16(20)12-5-4-8-18-10-12/h6-7,9,12,14,16,18,20H,3-5,8,10H2,1-2H3. The van der Waals surface area contributed by atoms with Crippen LogP contribution in [-0.4, -0.2) is 37.3 Å². The first-order valence-electron chi connectivity index (χ1n) is 8.08. The van der Waals surface area contributed by atoms with Crippen molar-refractivity contribution in [2.75, 3.05) is 25.0 Å². The van der Waals surface area contributed by atoms with Gasteiger partial charge in [-0.15, -0.1) is 0 Å². The molecule has 2 aliphatic heterocycles. The molecule has 5 nitrogen and oxygen atoms in total. The van der Waals surface area contributed by atoms with Gasteiger partial charge in [-0.1, -0.05) is 13.0 Å². The van der Waals surface area contributed by atoms with Crippen LogP contribution in [0.5, 0.6) is 5.75 Å². The molecule has 1 aromatic carbocycles. The SMILES string of the molecule is CCC1Oc2ccc(C(O)C3CCCNC3)cc2N(C)C1=O. The molecule has 3 unspecified atom stereocenters. The summed E-state index contributed by atoms with van der Waals surface area (Å²) in [5, 5.41) is 13.9. The summed E-state index contributed by atoms with van der Waals surface area (Å²) in [5.74, 6) is 0.911. The van der Waals surface area contributed by atoms with E-state index in [0.717, 1.165) is 37.2 Å². The molecule has 1 aromatic rings. The lowest BCUT2D eigenvalue weighted by Crippen LogP contribution is -2.43. The van der Waals surface area contributed by atoms with Gasteiger partial charge in [-0.3, -0.25) is 4.79 Å². The highest BCUT2D eigenvalue weighted by molar-refractivity contribution is 5.99. The van der Waals surface area contributed by atoms with Crippen molar-refractivity contribution in [3.63, 3.8) is 0 Å². The fourth-order valence-corrected chi connectivity index (χ4v) is 3.30. The summed E-state index contributed by atoms with van der Waals surface area (Å²) in [7, 11) is 1.77. The normalized spacial score (nSPS) is 26.3. The topological polar surface area (TPSA) is 61.8 Å². The van der Waals surface area contributed by atoms with E-state index in [9.17, 15) is 9.90 Å². The van der Waals surface area contributed by atoms with Gasteiger partial charge in [0, 0.05) is 19.5 Å². The zero-order valence-electron chi connectivity index (χ0n) is 13.2. The second-order valence-electron chi connectivity index (χ2n) is 6.19. The highest BCUT2D eigenvalue weighted by Gasteiger charge is 2.32. The maximum Gasteiger partial charge on any atom is 0.267 e. The minimum Gasteiger partial charge on any atom is -0.478 e. The average molecular weight is 304 g/mol. The molecular weight excluding hydrogens is 280 g/mol. The summed E-state index contributed by atoms with van der Waals surface area (Å²) in [6, 6.07) is 5.67. The van der Waals surface area contributed by atoms with E-state index in [4.69, 9.17) is 4.74 Å². The number of anilines is 1. The van der Waals surface area contributed by atoms with E-state index in [1.165, 1.54) is 0 Å². The van der Waals surface area contributed by atoms with Crippen molar-refractivity contribution in [3.8, 4) is 5.75 Å². The zero-order valence-corrected chi connectivity index (χ0v) is 13.2. The number of piperidine rings is 1. The van der Waals surface area contributed by atoms with Crippen molar-refractivity contribution in [1.29, 1.82) is 0 Å². The number of aliphatic hydroxyl groups excluding tert-OH is 1. The number of carbonyl (C=O) groups is 1. The summed E-state index contributed by atoms with van der Waals surface area (Å²) in [6.45, 7) is 3.80. The van der Waals surface area contributed by atoms with Crippen LogP contribution < -0.4 is 15.0 Å². The Morgan fingerprint density at radius 2 is 2.32 bits per heavy atom. The number of likely N-dealkylation sites (N-methyl/N-ethyl adjacent to an activating group) is 1. The Morgan fingerprint density at radius 1 is 1.50 bits per heavy atom. The Balaban J connectivity index is 1.85. The molecule has 0 spiro atoms. The predicted octanol–water partition coefficient (Wildman–Crippen LogP) is 1.85. The first-order chi connectivity index (χ1) is 10.6. The highest BCUT2D eigenvalue weighted by Crippen LogP contribution is 2.37.